The second-order valence-corrected chi connectivity index (χ2v) is 3.83. The van der Waals surface area contributed by atoms with Gasteiger partial charge in [-0.05, 0) is 25.7 Å². The van der Waals surface area contributed by atoms with Crippen molar-refractivity contribution in [2.24, 2.45) is 5.92 Å². The molecule has 1 aliphatic carbocycles. The Morgan fingerprint density at radius 1 is 1.69 bits per heavy atom. The molecule has 1 N–H and O–H groups in total. The maximum Gasteiger partial charge on any atom is 0.220 e. The Kier molecular flexibility index (Phi) is 3.75. The zero-order chi connectivity index (χ0) is 9.68. The topological polar surface area (TPSA) is 52.9 Å². The summed E-state index contributed by atoms with van der Waals surface area (Å²) in [7, 11) is 0. The number of hydrogen-bond donors (Lipinski definition) is 1. The lowest BCUT2D eigenvalue weighted by Gasteiger charge is -2.25. The second kappa shape index (κ2) is 4.86. The van der Waals surface area contributed by atoms with E-state index in [-0.39, 0.29) is 11.9 Å². The first kappa shape index (κ1) is 10.0. The van der Waals surface area contributed by atoms with Crippen LogP contribution in [0, 0.1) is 17.2 Å². The lowest BCUT2D eigenvalue weighted by atomic mass is 9.83. The van der Waals surface area contributed by atoms with Crippen molar-refractivity contribution in [3.8, 4) is 6.07 Å². The van der Waals surface area contributed by atoms with Gasteiger partial charge in [-0.15, -0.1) is 0 Å². The molecule has 0 saturated heterocycles. The zero-order valence-electron chi connectivity index (χ0n) is 8.05. The predicted octanol–water partition coefficient (Wildman–Crippen LogP) is 1.59. The molecule has 0 radical (unpaired) electrons. The molecule has 1 unspecified atom stereocenters. The predicted molar refractivity (Wildman–Crippen MR) is 49.8 cm³/mol. The van der Waals surface area contributed by atoms with Crippen LogP contribution in [-0.2, 0) is 4.79 Å². The molecule has 0 aromatic carbocycles. The number of nitrogens with zero attached hydrogens (tertiary/aromatic N) is 1. The van der Waals surface area contributed by atoms with Crippen molar-refractivity contribution in [1.29, 1.82) is 5.26 Å². The molecule has 1 aliphatic rings. The maximum absolute atomic E-state index is 11.3. The fraction of sp³-hybridized carbons (Fsp3) is 0.800. The van der Waals surface area contributed by atoms with Crippen molar-refractivity contribution < 1.29 is 4.79 Å². The van der Waals surface area contributed by atoms with Gasteiger partial charge in [0.25, 0.3) is 0 Å². The number of nitrogens with one attached hydrogen (secondary N) is 1. The molecule has 0 aliphatic heterocycles. The van der Waals surface area contributed by atoms with E-state index in [0.717, 1.165) is 0 Å². The summed E-state index contributed by atoms with van der Waals surface area (Å²) in [5, 5.41) is 11.2. The Hall–Kier alpha value is -1.04. The molecular formula is C10H16N2O. The second-order valence-electron chi connectivity index (χ2n) is 3.83. The molecule has 0 bridgehead atoms. The third-order valence-corrected chi connectivity index (χ3v) is 2.50. The fourth-order valence-corrected chi connectivity index (χ4v) is 1.48. The number of amides is 1. The Morgan fingerprint density at radius 3 is 2.85 bits per heavy atom. The monoisotopic (exact) mass is 180 g/mol. The third-order valence-electron chi connectivity index (χ3n) is 2.50. The Balaban J connectivity index is 2.13. The van der Waals surface area contributed by atoms with E-state index in [1.54, 1.807) is 0 Å². The van der Waals surface area contributed by atoms with Crippen molar-refractivity contribution in [3.05, 3.63) is 0 Å². The summed E-state index contributed by atoms with van der Waals surface area (Å²) < 4.78 is 0. The van der Waals surface area contributed by atoms with Crippen LogP contribution in [-0.4, -0.2) is 11.9 Å². The van der Waals surface area contributed by atoms with E-state index in [2.05, 4.69) is 5.32 Å². The Morgan fingerprint density at radius 2 is 2.38 bits per heavy atom. The standard InChI is InChI=1S/C10H16N2O/c1-8(5-6-11)12-10(13)7-9-3-2-4-9/h8-9H,2-5,7H2,1H3,(H,12,13). The van der Waals surface area contributed by atoms with E-state index in [1.807, 2.05) is 13.0 Å². The number of hydrogen-bond acceptors (Lipinski definition) is 2. The van der Waals surface area contributed by atoms with Gasteiger partial charge in [-0.3, -0.25) is 4.79 Å². The van der Waals surface area contributed by atoms with Gasteiger partial charge in [0.15, 0.2) is 0 Å². The summed E-state index contributed by atoms with van der Waals surface area (Å²) in [5.74, 6) is 0.710. The highest BCUT2D eigenvalue weighted by molar-refractivity contribution is 5.76. The molecule has 3 nitrogen and oxygen atoms in total. The van der Waals surface area contributed by atoms with Gasteiger partial charge in [0.05, 0.1) is 12.5 Å². The van der Waals surface area contributed by atoms with E-state index in [9.17, 15) is 4.79 Å². The third kappa shape index (κ3) is 3.45. The van der Waals surface area contributed by atoms with Crippen LogP contribution in [0.5, 0.6) is 0 Å². The van der Waals surface area contributed by atoms with Gasteiger partial charge in [0, 0.05) is 12.5 Å². The lowest BCUT2D eigenvalue weighted by Crippen LogP contribution is -2.34. The highest BCUT2D eigenvalue weighted by atomic mass is 16.1. The van der Waals surface area contributed by atoms with Crippen LogP contribution < -0.4 is 5.32 Å². The van der Waals surface area contributed by atoms with Crippen molar-refractivity contribution >= 4 is 5.91 Å². The summed E-state index contributed by atoms with van der Waals surface area (Å²) in [5.41, 5.74) is 0. The SMILES string of the molecule is CC(CC#N)NC(=O)CC1CCC1. The molecule has 0 aromatic rings. The zero-order valence-corrected chi connectivity index (χ0v) is 8.05. The first-order chi connectivity index (χ1) is 6.22. The summed E-state index contributed by atoms with van der Waals surface area (Å²) in [6.07, 6.45) is 4.71. The molecule has 1 amide bonds. The van der Waals surface area contributed by atoms with Crippen molar-refractivity contribution in [2.45, 2.75) is 45.1 Å². The van der Waals surface area contributed by atoms with Crippen molar-refractivity contribution in [2.75, 3.05) is 0 Å². The molecule has 1 atom stereocenters. The number of carbonyl (C=O) groups excluding carboxylic acids is 1. The van der Waals surface area contributed by atoms with Crippen molar-refractivity contribution in [1.82, 2.24) is 5.32 Å². The van der Waals surface area contributed by atoms with E-state index < -0.39 is 0 Å². The highest BCUT2D eigenvalue weighted by Gasteiger charge is 2.20. The van der Waals surface area contributed by atoms with Crippen LogP contribution in [0.15, 0.2) is 0 Å². The molecule has 1 saturated carbocycles. The molecule has 3 heteroatoms. The van der Waals surface area contributed by atoms with E-state index in [1.165, 1.54) is 19.3 Å². The molecule has 0 spiro atoms. The minimum atomic E-state index is -0.00224. The molecule has 0 aromatic heterocycles. The fourth-order valence-electron chi connectivity index (χ4n) is 1.48. The summed E-state index contributed by atoms with van der Waals surface area (Å²) >= 11 is 0. The van der Waals surface area contributed by atoms with Crippen LogP contribution >= 0.6 is 0 Å². The average Bonchev–Trinajstić information content (AvgIpc) is 1.97. The van der Waals surface area contributed by atoms with Gasteiger partial charge in [0.1, 0.15) is 0 Å². The average molecular weight is 180 g/mol. The van der Waals surface area contributed by atoms with E-state index in [4.69, 9.17) is 5.26 Å². The number of nitriles is 1. The van der Waals surface area contributed by atoms with Gasteiger partial charge < -0.3 is 5.32 Å². The van der Waals surface area contributed by atoms with Crippen LogP contribution in [0.1, 0.15) is 39.0 Å². The normalized spacial score (nSPS) is 18.5. The quantitative estimate of drug-likeness (QED) is 0.714. The number of rotatable bonds is 4. The van der Waals surface area contributed by atoms with E-state index in [0.29, 0.717) is 18.8 Å². The summed E-state index contributed by atoms with van der Waals surface area (Å²) in [6, 6.07) is 2.04. The first-order valence-electron chi connectivity index (χ1n) is 4.88. The van der Waals surface area contributed by atoms with Crippen LogP contribution in [0.4, 0.5) is 0 Å². The molecule has 13 heavy (non-hydrogen) atoms. The highest BCUT2D eigenvalue weighted by Crippen LogP contribution is 2.29. The minimum Gasteiger partial charge on any atom is -0.353 e. The van der Waals surface area contributed by atoms with Crippen LogP contribution in [0.2, 0.25) is 0 Å². The molecule has 0 heterocycles. The molecule has 72 valence electrons. The van der Waals surface area contributed by atoms with Gasteiger partial charge in [-0.25, -0.2) is 0 Å². The van der Waals surface area contributed by atoms with E-state index >= 15 is 0 Å². The van der Waals surface area contributed by atoms with Crippen LogP contribution in [0.25, 0.3) is 0 Å². The van der Waals surface area contributed by atoms with Gasteiger partial charge in [-0.2, -0.15) is 5.26 Å². The lowest BCUT2D eigenvalue weighted by molar-refractivity contribution is -0.123. The smallest absolute Gasteiger partial charge is 0.220 e. The molecule has 1 fully saturated rings. The minimum absolute atomic E-state index is 0.00224. The number of carbonyl (C=O) groups is 1. The van der Waals surface area contributed by atoms with Crippen LogP contribution in [0.3, 0.4) is 0 Å². The summed E-state index contributed by atoms with van der Waals surface area (Å²) in [4.78, 5) is 11.3. The Labute approximate surface area is 79.1 Å². The van der Waals surface area contributed by atoms with Gasteiger partial charge >= 0.3 is 0 Å². The molecule has 1 rings (SSSR count). The Bertz CT molecular complexity index is 215. The summed E-state index contributed by atoms with van der Waals surface area (Å²) in [6.45, 7) is 1.86. The van der Waals surface area contributed by atoms with Gasteiger partial charge in [-0.1, -0.05) is 6.42 Å². The first-order valence-corrected chi connectivity index (χ1v) is 4.88. The van der Waals surface area contributed by atoms with Gasteiger partial charge in [0.2, 0.25) is 5.91 Å². The maximum atomic E-state index is 11.3. The van der Waals surface area contributed by atoms with Crippen molar-refractivity contribution in [3.63, 3.8) is 0 Å². The molecular weight excluding hydrogens is 164 g/mol. The largest absolute Gasteiger partial charge is 0.353 e.